The van der Waals surface area contributed by atoms with Crippen LogP contribution in [0.25, 0.3) is 0 Å². The highest BCUT2D eigenvalue weighted by Gasteiger charge is 2.32. The van der Waals surface area contributed by atoms with Crippen LogP contribution in [0, 0.1) is 5.82 Å². The van der Waals surface area contributed by atoms with E-state index >= 15 is 0 Å². The van der Waals surface area contributed by atoms with Crippen molar-refractivity contribution in [1.82, 2.24) is 5.32 Å². The number of nitrogens with zero attached hydrogens (tertiary/aromatic N) is 1. The number of amides is 2. The molecule has 0 saturated carbocycles. The molecule has 0 aliphatic carbocycles. The third-order valence-corrected chi connectivity index (χ3v) is 3.93. The summed E-state index contributed by atoms with van der Waals surface area (Å²) in [6, 6.07) is 12.4. The van der Waals surface area contributed by atoms with E-state index in [9.17, 15) is 14.0 Å². The van der Waals surface area contributed by atoms with Crippen LogP contribution in [0.4, 0.5) is 10.1 Å². The average molecular weight is 328 g/mol. The lowest BCUT2D eigenvalue weighted by atomic mass is 10.1. The van der Waals surface area contributed by atoms with Gasteiger partial charge in [-0.3, -0.25) is 9.59 Å². The Balaban J connectivity index is 1.71. The zero-order valence-electron chi connectivity index (χ0n) is 13.2. The van der Waals surface area contributed by atoms with Crippen LogP contribution in [0.3, 0.4) is 0 Å². The molecule has 1 N–H and O–H groups in total. The van der Waals surface area contributed by atoms with Gasteiger partial charge in [0, 0.05) is 18.7 Å². The van der Waals surface area contributed by atoms with Crippen molar-refractivity contribution in [2.45, 2.75) is 12.5 Å². The van der Waals surface area contributed by atoms with Crippen molar-refractivity contribution >= 4 is 17.5 Å². The van der Waals surface area contributed by atoms with Crippen LogP contribution in [0.5, 0.6) is 5.75 Å². The average Bonchev–Trinajstić information content (AvgIpc) is 2.95. The van der Waals surface area contributed by atoms with Gasteiger partial charge < -0.3 is 15.0 Å². The summed E-state index contributed by atoms with van der Waals surface area (Å²) in [5, 5.41) is 2.84. The Morgan fingerprint density at radius 1 is 1.25 bits per heavy atom. The van der Waals surface area contributed by atoms with Gasteiger partial charge in [0.1, 0.15) is 11.6 Å². The first-order valence-corrected chi connectivity index (χ1v) is 7.58. The number of hydrogen-bond acceptors (Lipinski definition) is 3. The molecule has 2 amide bonds. The fourth-order valence-corrected chi connectivity index (χ4v) is 2.79. The zero-order chi connectivity index (χ0) is 17.1. The van der Waals surface area contributed by atoms with Crippen LogP contribution in [0.15, 0.2) is 48.5 Å². The van der Waals surface area contributed by atoms with Gasteiger partial charge in [0.15, 0.2) is 0 Å². The van der Waals surface area contributed by atoms with E-state index in [1.165, 1.54) is 24.1 Å². The van der Waals surface area contributed by atoms with Gasteiger partial charge in [0.25, 0.3) is 5.91 Å². The van der Waals surface area contributed by atoms with Gasteiger partial charge in [-0.15, -0.1) is 0 Å². The van der Waals surface area contributed by atoms with Crippen LogP contribution in [0.1, 0.15) is 16.8 Å². The van der Waals surface area contributed by atoms with Crippen molar-refractivity contribution in [2.24, 2.45) is 0 Å². The Hall–Kier alpha value is -2.89. The molecule has 2 aromatic rings. The lowest BCUT2D eigenvalue weighted by molar-refractivity contribution is -0.117. The molecule has 5 nitrogen and oxygen atoms in total. The number of carbonyl (C=O) groups excluding carboxylic acids is 2. The van der Waals surface area contributed by atoms with Gasteiger partial charge in [-0.1, -0.05) is 18.2 Å². The van der Waals surface area contributed by atoms with E-state index in [1.807, 2.05) is 0 Å². The molecular formula is C18H17FN2O3. The monoisotopic (exact) mass is 328 g/mol. The third-order valence-electron chi connectivity index (χ3n) is 3.93. The summed E-state index contributed by atoms with van der Waals surface area (Å²) < 4.78 is 18.5. The molecule has 3 rings (SSSR count). The third kappa shape index (κ3) is 3.22. The zero-order valence-corrected chi connectivity index (χ0v) is 13.2. The number of halogens is 1. The Morgan fingerprint density at radius 2 is 2.04 bits per heavy atom. The quantitative estimate of drug-likeness (QED) is 0.937. The van der Waals surface area contributed by atoms with Crippen LogP contribution in [0.2, 0.25) is 0 Å². The first-order valence-electron chi connectivity index (χ1n) is 7.58. The number of para-hydroxylation sites is 1. The maximum absolute atomic E-state index is 13.3. The molecule has 6 heteroatoms. The van der Waals surface area contributed by atoms with Crippen molar-refractivity contribution in [3.05, 3.63) is 59.9 Å². The Morgan fingerprint density at radius 3 is 2.79 bits per heavy atom. The van der Waals surface area contributed by atoms with Gasteiger partial charge >= 0.3 is 0 Å². The van der Waals surface area contributed by atoms with Crippen LogP contribution < -0.4 is 15.0 Å². The highest BCUT2D eigenvalue weighted by molar-refractivity contribution is 6.00. The Bertz CT molecular complexity index is 778. The van der Waals surface area contributed by atoms with Gasteiger partial charge in [0.2, 0.25) is 5.91 Å². The molecule has 0 spiro atoms. The molecule has 1 atom stereocenters. The molecule has 0 bridgehead atoms. The highest BCUT2D eigenvalue weighted by atomic mass is 19.1. The van der Waals surface area contributed by atoms with E-state index in [0.717, 1.165) is 0 Å². The van der Waals surface area contributed by atoms with Crippen molar-refractivity contribution in [2.75, 3.05) is 18.6 Å². The molecule has 124 valence electrons. The number of carbonyl (C=O) groups is 2. The minimum absolute atomic E-state index is 0.147. The van der Waals surface area contributed by atoms with Crippen LogP contribution >= 0.6 is 0 Å². The number of ether oxygens (including phenoxy) is 1. The first-order chi connectivity index (χ1) is 11.6. The molecule has 0 aromatic heterocycles. The van der Waals surface area contributed by atoms with Gasteiger partial charge in [-0.05, 0) is 30.3 Å². The molecule has 1 fully saturated rings. The van der Waals surface area contributed by atoms with Gasteiger partial charge in [-0.2, -0.15) is 0 Å². The van der Waals surface area contributed by atoms with Crippen LogP contribution in [-0.4, -0.2) is 31.5 Å². The first kappa shape index (κ1) is 16.0. The topological polar surface area (TPSA) is 58.6 Å². The smallest absolute Gasteiger partial charge is 0.255 e. The lowest BCUT2D eigenvalue weighted by Gasteiger charge is -2.17. The Labute approximate surface area is 139 Å². The summed E-state index contributed by atoms with van der Waals surface area (Å²) in [7, 11) is 1.50. The minimum Gasteiger partial charge on any atom is -0.496 e. The molecule has 0 radical (unpaired) electrons. The largest absolute Gasteiger partial charge is 0.496 e. The lowest BCUT2D eigenvalue weighted by Crippen LogP contribution is -2.37. The van der Waals surface area contributed by atoms with Crippen molar-refractivity contribution < 1.29 is 18.7 Å². The van der Waals surface area contributed by atoms with E-state index < -0.39 is 5.82 Å². The van der Waals surface area contributed by atoms with E-state index in [1.54, 1.807) is 36.4 Å². The van der Waals surface area contributed by atoms with Crippen molar-refractivity contribution in [1.29, 1.82) is 0 Å². The normalized spacial score (nSPS) is 17.0. The molecule has 24 heavy (non-hydrogen) atoms. The molecule has 1 unspecified atom stereocenters. The van der Waals surface area contributed by atoms with Gasteiger partial charge in [-0.25, -0.2) is 4.39 Å². The SMILES string of the molecule is COc1ccccc1C(=O)NC1CC(=O)N(c2cccc(F)c2)C1. The number of methoxy groups -OCH3 is 1. The second-order valence-corrected chi connectivity index (χ2v) is 5.56. The second kappa shape index (κ2) is 6.70. The summed E-state index contributed by atoms with van der Waals surface area (Å²) in [4.78, 5) is 26.1. The molecule has 1 aliphatic rings. The molecule has 1 aliphatic heterocycles. The van der Waals surface area contributed by atoms with E-state index in [4.69, 9.17) is 4.74 Å². The molecule has 2 aromatic carbocycles. The van der Waals surface area contributed by atoms with E-state index in [2.05, 4.69) is 5.32 Å². The summed E-state index contributed by atoms with van der Waals surface area (Å²) in [6.07, 6.45) is 0.178. The standard InChI is InChI=1S/C18H17FN2O3/c1-24-16-8-3-2-7-15(16)18(23)20-13-10-17(22)21(11-13)14-6-4-5-12(19)9-14/h2-9,13H,10-11H2,1H3,(H,20,23). The number of benzene rings is 2. The van der Waals surface area contributed by atoms with Gasteiger partial charge in [0.05, 0.1) is 18.7 Å². The van der Waals surface area contributed by atoms with E-state index in [-0.39, 0.29) is 24.3 Å². The van der Waals surface area contributed by atoms with Crippen LogP contribution in [-0.2, 0) is 4.79 Å². The molecule has 1 heterocycles. The molecular weight excluding hydrogens is 311 g/mol. The van der Waals surface area contributed by atoms with Crippen molar-refractivity contribution in [3.63, 3.8) is 0 Å². The molecule has 1 saturated heterocycles. The maximum atomic E-state index is 13.3. The Kier molecular flexibility index (Phi) is 4.46. The fourth-order valence-electron chi connectivity index (χ4n) is 2.79. The predicted octanol–water partition coefficient (Wildman–Crippen LogP) is 2.37. The number of hydrogen-bond donors (Lipinski definition) is 1. The summed E-state index contributed by atoms with van der Waals surface area (Å²) in [5.41, 5.74) is 0.908. The summed E-state index contributed by atoms with van der Waals surface area (Å²) >= 11 is 0. The number of nitrogens with one attached hydrogen (secondary N) is 1. The maximum Gasteiger partial charge on any atom is 0.255 e. The number of anilines is 1. The van der Waals surface area contributed by atoms with Crippen molar-refractivity contribution in [3.8, 4) is 5.75 Å². The van der Waals surface area contributed by atoms with E-state index in [0.29, 0.717) is 23.5 Å². The minimum atomic E-state index is -0.401. The summed E-state index contributed by atoms with van der Waals surface area (Å²) in [5.74, 6) is -0.375. The highest BCUT2D eigenvalue weighted by Crippen LogP contribution is 2.23. The number of rotatable bonds is 4. The summed E-state index contributed by atoms with van der Waals surface area (Å²) in [6.45, 7) is 0.309. The predicted molar refractivity (Wildman–Crippen MR) is 87.6 cm³/mol. The second-order valence-electron chi connectivity index (χ2n) is 5.56. The fraction of sp³-hybridized carbons (Fsp3) is 0.222.